The number of nitrogens with one attached hydrogen (secondary N) is 2. The van der Waals surface area contributed by atoms with Crippen LogP contribution in [0.5, 0.6) is 5.75 Å². The molecule has 0 bridgehead atoms. The number of aliphatic hydroxyl groups excluding tert-OH is 1. The standard InChI is InChI=1S/C32H39N3O4S2/c1-21-11-8-9-12-23(21)17-33-31(39)29-32(3,4)41-20-35(29)18-28(37)26(19-40-24-13-6-5-7-14-24)34-30(38)25-15-10-16-27(36)22(25)2/h5-16,26,28-29,36-37H,17-20H2,1-4H3,(H,33,39)(H,34,38)/t26-,28+,29+/m0/s1. The van der Waals surface area contributed by atoms with E-state index < -0.39 is 18.2 Å². The number of nitrogens with zero attached hydrogens (tertiary/aromatic N) is 1. The van der Waals surface area contributed by atoms with Gasteiger partial charge in [-0.2, -0.15) is 0 Å². The van der Waals surface area contributed by atoms with Crippen LogP contribution in [0.25, 0.3) is 0 Å². The number of phenolic OH excluding ortho intramolecular Hbond substituents is 1. The minimum absolute atomic E-state index is 0.0456. The lowest BCUT2D eigenvalue weighted by molar-refractivity contribution is -0.127. The number of phenols is 1. The summed E-state index contributed by atoms with van der Waals surface area (Å²) in [5, 5.41) is 27.8. The van der Waals surface area contributed by atoms with E-state index in [0.29, 0.717) is 29.3 Å². The fourth-order valence-corrected chi connectivity index (χ4v) is 7.20. The van der Waals surface area contributed by atoms with Gasteiger partial charge in [0, 0.05) is 45.5 Å². The van der Waals surface area contributed by atoms with Crippen LogP contribution in [-0.2, 0) is 11.3 Å². The summed E-state index contributed by atoms with van der Waals surface area (Å²) >= 11 is 3.23. The summed E-state index contributed by atoms with van der Waals surface area (Å²) < 4.78 is -0.355. The van der Waals surface area contributed by atoms with Crippen molar-refractivity contribution in [2.75, 3.05) is 18.2 Å². The normalized spacial score (nSPS) is 18.0. The van der Waals surface area contributed by atoms with Gasteiger partial charge >= 0.3 is 0 Å². The van der Waals surface area contributed by atoms with E-state index in [1.165, 1.54) is 0 Å². The second-order valence-corrected chi connectivity index (χ2v) is 13.6. The maximum Gasteiger partial charge on any atom is 0.252 e. The summed E-state index contributed by atoms with van der Waals surface area (Å²) in [6.07, 6.45) is -0.936. The van der Waals surface area contributed by atoms with Gasteiger partial charge in [0.1, 0.15) is 11.8 Å². The molecule has 0 radical (unpaired) electrons. The number of carbonyl (C=O) groups is 2. The van der Waals surface area contributed by atoms with E-state index in [1.807, 2.05) is 66.4 Å². The minimum Gasteiger partial charge on any atom is -0.508 e. The molecule has 3 atom stereocenters. The number of aliphatic hydroxyl groups is 1. The summed E-state index contributed by atoms with van der Waals surface area (Å²) in [5.41, 5.74) is 3.03. The largest absolute Gasteiger partial charge is 0.508 e. The minimum atomic E-state index is -0.936. The molecule has 218 valence electrons. The van der Waals surface area contributed by atoms with Crippen LogP contribution in [0.15, 0.2) is 77.7 Å². The number of rotatable bonds is 11. The zero-order valence-electron chi connectivity index (χ0n) is 24.0. The number of thioether (sulfide) groups is 2. The van der Waals surface area contributed by atoms with Crippen molar-refractivity contribution in [2.24, 2.45) is 0 Å². The average Bonchev–Trinajstić information content (AvgIpc) is 3.25. The highest BCUT2D eigenvalue weighted by Gasteiger charge is 2.46. The van der Waals surface area contributed by atoms with Crippen molar-refractivity contribution >= 4 is 35.3 Å². The van der Waals surface area contributed by atoms with Crippen molar-refractivity contribution < 1.29 is 19.8 Å². The number of hydrogen-bond acceptors (Lipinski definition) is 7. The van der Waals surface area contributed by atoms with Gasteiger partial charge in [-0.05, 0) is 63.1 Å². The Morgan fingerprint density at radius 3 is 2.49 bits per heavy atom. The Kier molecular flexibility index (Phi) is 10.4. The molecule has 1 saturated heterocycles. The SMILES string of the molecule is Cc1ccccc1CNC(=O)[C@H]1N(C[C@@H](O)[C@H](CSc2ccccc2)NC(=O)c2cccc(O)c2C)CSC1(C)C. The molecule has 4 N–H and O–H groups in total. The van der Waals surface area contributed by atoms with Gasteiger partial charge in [0.05, 0.1) is 12.1 Å². The Hall–Kier alpha value is -2.98. The molecule has 1 aliphatic rings. The molecule has 2 amide bonds. The van der Waals surface area contributed by atoms with Gasteiger partial charge in [0.2, 0.25) is 5.91 Å². The van der Waals surface area contributed by atoms with E-state index in [4.69, 9.17) is 0 Å². The van der Waals surface area contributed by atoms with Gasteiger partial charge in [0.25, 0.3) is 5.91 Å². The molecule has 0 spiro atoms. The number of carbonyl (C=O) groups excluding carboxylic acids is 2. The Morgan fingerprint density at radius 1 is 1.05 bits per heavy atom. The van der Waals surface area contributed by atoms with E-state index in [0.717, 1.165) is 16.0 Å². The molecule has 1 fully saturated rings. The second-order valence-electron chi connectivity index (χ2n) is 10.9. The first-order valence-corrected chi connectivity index (χ1v) is 15.7. The fraction of sp³-hybridized carbons (Fsp3) is 0.375. The summed E-state index contributed by atoms with van der Waals surface area (Å²) in [7, 11) is 0. The molecular weight excluding hydrogens is 555 g/mol. The highest BCUT2D eigenvalue weighted by molar-refractivity contribution is 8.00. The molecule has 0 aromatic heterocycles. The molecule has 0 aliphatic carbocycles. The summed E-state index contributed by atoms with van der Waals surface area (Å²) in [6.45, 7) is 8.49. The average molecular weight is 594 g/mol. The van der Waals surface area contributed by atoms with Gasteiger partial charge in [0.15, 0.2) is 0 Å². The predicted octanol–water partition coefficient (Wildman–Crippen LogP) is 4.73. The highest BCUT2D eigenvalue weighted by Crippen LogP contribution is 2.39. The Balaban J connectivity index is 1.49. The van der Waals surface area contributed by atoms with Crippen LogP contribution >= 0.6 is 23.5 Å². The number of β-amino-alcohol motifs (C(OH)–C–C–N with tert-alkyl or cyclic N) is 1. The van der Waals surface area contributed by atoms with Crippen molar-refractivity contribution in [3.05, 3.63) is 95.1 Å². The molecule has 7 nitrogen and oxygen atoms in total. The van der Waals surface area contributed by atoms with E-state index >= 15 is 0 Å². The summed E-state index contributed by atoms with van der Waals surface area (Å²) in [6, 6.07) is 21.6. The van der Waals surface area contributed by atoms with Crippen molar-refractivity contribution in [2.45, 2.75) is 62.1 Å². The monoisotopic (exact) mass is 593 g/mol. The molecular formula is C32H39N3O4S2. The van der Waals surface area contributed by atoms with E-state index in [9.17, 15) is 19.8 Å². The first-order valence-electron chi connectivity index (χ1n) is 13.7. The first kappa shape index (κ1) is 31.0. The quantitative estimate of drug-likeness (QED) is 0.239. The third-order valence-electron chi connectivity index (χ3n) is 7.51. The third kappa shape index (κ3) is 7.86. The zero-order chi connectivity index (χ0) is 29.6. The molecule has 4 rings (SSSR count). The number of amides is 2. The van der Waals surface area contributed by atoms with Crippen LogP contribution in [0.4, 0.5) is 0 Å². The van der Waals surface area contributed by atoms with Crippen LogP contribution in [0.3, 0.4) is 0 Å². The maximum absolute atomic E-state index is 13.5. The lowest BCUT2D eigenvalue weighted by Crippen LogP contribution is -2.56. The van der Waals surface area contributed by atoms with Gasteiger partial charge in [-0.1, -0.05) is 48.5 Å². The number of aryl methyl sites for hydroxylation is 1. The Bertz CT molecular complexity index is 1350. The molecule has 1 heterocycles. The third-order valence-corrected chi connectivity index (χ3v) is 10.1. The van der Waals surface area contributed by atoms with E-state index in [-0.39, 0.29) is 28.9 Å². The number of aromatic hydroxyl groups is 1. The van der Waals surface area contributed by atoms with Gasteiger partial charge in [-0.15, -0.1) is 23.5 Å². The molecule has 0 saturated carbocycles. The van der Waals surface area contributed by atoms with Crippen LogP contribution in [0, 0.1) is 13.8 Å². The summed E-state index contributed by atoms with van der Waals surface area (Å²) in [5.74, 6) is 0.627. The van der Waals surface area contributed by atoms with E-state index in [1.54, 1.807) is 48.6 Å². The van der Waals surface area contributed by atoms with Gasteiger partial charge < -0.3 is 20.8 Å². The maximum atomic E-state index is 13.5. The van der Waals surface area contributed by atoms with Crippen LogP contribution in [0.1, 0.15) is 40.9 Å². The lowest BCUT2D eigenvalue weighted by atomic mass is 9.99. The molecule has 0 unspecified atom stereocenters. The zero-order valence-corrected chi connectivity index (χ0v) is 25.6. The van der Waals surface area contributed by atoms with E-state index in [2.05, 4.69) is 24.5 Å². The summed E-state index contributed by atoms with van der Waals surface area (Å²) in [4.78, 5) is 29.8. The first-order chi connectivity index (χ1) is 19.6. The second kappa shape index (κ2) is 13.8. The molecule has 1 aliphatic heterocycles. The molecule has 41 heavy (non-hydrogen) atoms. The highest BCUT2D eigenvalue weighted by atomic mass is 32.2. The Labute approximate surface area is 251 Å². The van der Waals surface area contributed by atoms with Gasteiger partial charge in [-0.25, -0.2) is 0 Å². The van der Waals surface area contributed by atoms with Crippen molar-refractivity contribution in [1.29, 1.82) is 0 Å². The topological polar surface area (TPSA) is 102 Å². The van der Waals surface area contributed by atoms with Crippen molar-refractivity contribution in [3.63, 3.8) is 0 Å². The predicted molar refractivity (Wildman–Crippen MR) is 167 cm³/mol. The molecule has 9 heteroatoms. The smallest absolute Gasteiger partial charge is 0.252 e. The number of hydrogen-bond donors (Lipinski definition) is 4. The Morgan fingerprint density at radius 2 is 1.76 bits per heavy atom. The van der Waals surface area contributed by atoms with Crippen molar-refractivity contribution in [1.82, 2.24) is 15.5 Å². The van der Waals surface area contributed by atoms with Crippen LogP contribution < -0.4 is 10.6 Å². The van der Waals surface area contributed by atoms with Gasteiger partial charge in [-0.3, -0.25) is 14.5 Å². The van der Waals surface area contributed by atoms with Crippen LogP contribution in [0.2, 0.25) is 0 Å². The molecule has 3 aromatic rings. The lowest BCUT2D eigenvalue weighted by Gasteiger charge is -2.33. The molecule has 3 aromatic carbocycles. The fourth-order valence-electron chi connectivity index (χ4n) is 5.00. The van der Waals surface area contributed by atoms with Crippen molar-refractivity contribution in [3.8, 4) is 5.75 Å². The van der Waals surface area contributed by atoms with Crippen LogP contribution in [-0.4, -0.2) is 68.0 Å². The number of benzene rings is 3.